The first-order valence-electron chi connectivity index (χ1n) is 6.02. The number of benzene rings is 2. The fourth-order valence-electron chi connectivity index (χ4n) is 1.66. The number of carbonyl (C=O) groups is 2. The van der Waals surface area contributed by atoms with Gasteiger partial charge in [-0.15, -0.1) is 0 Å². The third kappa shape index (κ3) is 3.79. The molecule has 1 amide bonds. The molecule has 0 radical (unpaired) electrons. The van der Waals surface area contributed by atoms with E-state index in [2.05, 4.69) is 5.32 Å². The highest BCUT2D eigenvalue weighted by Crippen LogP contribution is 2.22. The molecule has 2 aromatic rings. The van der Waals surface area contributed by atoms with Crippen molar-refractivity contribution in [2.24, 2.45) is 0 Å². The van der Waals surface area contributed by atoms with Crippen LogP contribution in [0, 0.1) is 5.82 Å². The van der Waals surface area contributed by atoms with Crippen molar-refractivity contribution in [2.75, 3.05) is 11.9 Å². The van der Waals surface area contributed by atoms with E-state index >= 15 is 0 Å². The molecule has 0 bridgehead atoms. The average Bonchev–Trinajstić information content (AvgIpc) is 2.48. The normalized spacial score (nSPS) is 10.0. The monoisotopic (exact) mass is 307 g/mol. The summed E-state index contributed by atoms with van der Waals surface area (Å²) in [4.78, 5) is 22.5. The second kappa shape index (κ2) is 6.85. The minimum Gasteiger partial charge on any atom is -0.480 e. The van der Waals surface area contributed by atoms with Gasteiger partial charge >= 0.3 is 0 Å². The standard InChI is InChI=1S/C15H11ClFNO3/c16-11-5-1-2-7-13(11)18-14(20)9-21-15-10(8-19)4-3-6-12(15)17/h1-8H,9H2,(H,18,20). The molecule has 0 aliphatic heterocycles. The highest BCUT2D eigenvalue weighted by Gasteiger charge is 2.12. The quantitative estimate of drug-likeness (QED) is 0.862. The smallest absolute Gasteiger partial charge is 0.262 e. The summed E-state index contributed by atoms with van der Waals surface area (Å²) in [6.07, 6.45) is 0.463. The van der Waals surface area contributed by atoms with Gasteiger partial charge in [-0.05, 0) is 24.3 Å². The van der Waals surface area contributed by atoms with Gasteiger partial charge in [0.2, 0.25) is 0 Å². The van der Waals surface area contributed by atoms with Gasteiger partial charge in [-0.1, -0.05) is 29.8 Å². The number of para-hydroxylation sites is 2. The number of halogens is 2. The van der Waals surface area contributed by atoms with Crippen molar-refractivity contribution in [1.29, 1.82) is 0 Å². The highest BCUT2D eigenvalue weighted by atomic mass is 35.5. The van der Waals surface area contributed by atoms with Crippen LogP contribution in [0.5, 0.6) is 5.75 Å². The van der Waals surface area contributed by atoms with E-state index in [-0.39, 0.29) is 11.3 Å². The van der Waals surface area contributed by atoms with Crippen LogP contribution < -0.4 is 10.1 Å². The summed E-state index contributed by atoms with van der Waals surface area (Å²) in [5.41, 5.74) is 0.470. The minimum atomic E-state index is -0.704. The van der Waals surface area contributed by atoms with Crippen LogP contribution in [-0.4, -0.2) is 18.8 Å². The van der Waals surface area contributed by atoms with Gasteiger partial charge in [0.1, 0.15) is 0 Å². The lowest BCUT2D eigenvalue weighted by Crippen LogP contribution is -2.21. The van der Waals surface area contributed by atoms with Gasteiger partial charge in [0, 0.05) is 0 Å². The summed E-state index contributed by atoms with van der Waals surface area (Å²) in [5, 5.41) is 2.91. The van der Waals surface area contributed by atoms with Crippen LogP contribution >= 0.6 is 11.6 Å². The Balaban J connectivity index is 2.02. The van der Waals surface area contributed by atoms with E-state index in [0.717, 1.165) is 6.07 Å². The molecule has 2 aromatic carbocycles. The molecule has 0 aliphatic rings. The second-order valence-electron chi connectivity index (χ2n) is 4.09. The summed E-state index contributed by atoms with van der Waals surface area (Å²) in [5.74, 6) is -1.46. The van der Waals surface area contributed by atoms with Crippen molar-refractivity contribution >= 4 is 29.5 Å². The zero-order chi connectivity index (χ0) is 15.2. The molecule has 4 nitrogen and oxygen atoms in total. The van der Waals surface area contributed by atoms with Crippen LogP contribution in [0.15, 0.2) is 42.5 Å². The molecule has 0 aliphatic carbocycles. The first kappa shape index (κ1) is 15.0. The van der Waals surface area contributed by atoms with Gasteiger partial charge in [0.05, 0.1) is 16.3 Å². The molecule has 0 unspecified atom stereocenters. The largest absolute Gasteiger partial charge is 0.480 e. The first-order valence-corrected chi connectivity index (χ1v) is 6.40. The molecule has 0 spiro atoms. The predicted molar refractivity (Wildman–Crippen MR) is 77.4 cm³/mol. The van der Waals surface area contributed by atoms with E-state index in [1.165, 1.54) is 12.1 Å². The third-order valence-corrected chi connectivity index (χ3v) is 2.95. The fraction of sp³-hybridized carbons (Fsp3) is 0.0667. The van der Waals surface area contributed by atoms with E-state index in [1.54, 1.807) is 24.3 Å². The number of carbonyl (C=O) groups excluding carboxylic acids is 2. The van der Waals surface area contributed by atoms with Gasteiger partial charge in [0.15, 0.2) is 24.5 Å². The van der Waals surface area contributed by atoms with Gasteiger partial charge in [-0.25, -0.2) is 4.39 Å². The summed E-state index contributed by atoms with van der Waals surface area (Å²) in [7, 11) is 0. The number of rotatable bonds is 5. The van der Waals surface area contributed by atoms with Crippen LogP contribution in [0.3, 0.4) is 0 Å². The zero-order valence-electron chi connectivity index (χ0n) is 10.8. The molecule has 0 heterocycles. The van der Waals surface area contributed by atoms with Crippen molar-refractivity contribution in [2.45, 2.75) is 0 Å². The Morgan fingerprint density at radius 3 is 2.71 bits per heavy atom. The van der Waals surface area contributed by atoms with E-state index in [9.17, 15) is 14.0 Å². The van der Waals surface area contributed by atoms with Gasteiger partial charge < -0.3 is 10.1 Å². The van der Waals surface area contributed by atoms with Gasteiger partial charge in [-0.3, -0.25) is 9.59 Å². The van der Waals surface area contributed by atoms with E-state index in [1.807, 2.05) is 0 Å². The molecule has 0 fully saturated rings. The molecule has 2 rings (SSSR count). The Labute approximate surface area is 125 Å². The zero-order valence-corrected chi connectivity index (χ0v) is 11.6. The number of nitrogens with one attached hydrogen (secondary N) is 1. The Bertz CT molecular complexity index is 676. The molecular weight excluding hydrogens is 297 g/mol. The lowest BCUT2D eigenvalue weighted by molar-refractivity contribution is -0.118. The summed E-state index contributed by atoms with van der Waals surface area (Å²) < 4.78 is 18.6. The van der Waals surface area contributed by atoms with Crippen LogP contribution in [-0.2, 0) is 4.79 Å². The Morgan fingerprint density at radius 2 is 2.00 bits per heavy atom. The van der Waals surface area contributed by atoms with E-state index in [0.29, 0.717) is 17.0 Å². The van der Waals surface area contributed by atoms with Crippen LogP contribution in [0.1, 0.15) is 10.4 Å². The van der Waals surface area contributed by atoms with Gasteiger partial charge in [-0.2, -0.15) is 0 Å². The Hall–Kier alpha value is -2.40. The molecule has 6 heteroatoms. The number of ether oxygens (including phenoxy) is 1. The second-order valence-corrected chi connectivity index (χ2v) is 4.50. The summed E-state index contributed by atoms with van der Waals surface area (Å²) >= 11 is 5.90. The predicted octanol–water partition coefficient (Wildman–Crippen LogP) is 3.31. The molecule has 0 saturated carbocycles. The fourth-order valence-corrected chi connectivity index (χ4v) is 1.84. The third-order valence-electron chi connectivity index (χ3n) is 2.62. The van der Waals surface area contributed by atoms with Crippen LogP contribution in [0.4, 0.5) is 10.1 Å². The number of aldehydes is 1. The Kier molecular flexibility index (Phi) is 4.90. The maximum absolute atomic E-state index is 13.5. The number of anilines is 1. The maximum Gasteiger partial charge on any atom is 0.262 e. The summed E-state index contributed by atoms with van der Waals surface area (Å²) in [6.45, 7) is -0.438. The highest BCUT2D eigenvalue weighted by molar-refractivity contribution is 6.33. The summed E-state index contributed by atoms with van der Waals surface area (Å²) in [6, 6.07) is 10.6. The van der Waals surface area contributed by atoms with Crippen molar-refractivity contribution < 1.29 is 18.7 Å². The molecule has 1 N–H and O–H groups in total. The van der Waals surface area contributed by atoms with Crippen molar-refractivity contribution in [3.8, 4) is 5.75 Å². The number of amides is 1. The number of hydrogen-bond acceptors (Lipinski definition) is 3. The van der Waals surface area contributed by atoms with Gasteiger partial charge in [0.25, 0.3) is 5.91 Å². The minimum absolute atomic E-state index is 0.0422. The molecule has 108 valence electrons. The SMILES string of the molecule is O=Cc1cccc(F)c1OCC(=O)Nc1ccccc1Cl. The van der Waals surface area contributed by atoms with Crippen molar-refractivity contribution in [1.82, 2.24) is 0 Å². The lowest BCUT2D eigenvalue weighted by Gasteiger charge is -2.10. The molecular formula is C15H11ClFNO3. The molecule has 0 atom stereocenters. The maximum atomic E-state index is 13.5. The Morgan fingerprint density at radius 1 is 1.24 bits per heavy atom. The van der Waals surface area contributed by atoms with E-state index < -0.39 is 18.3 Å². The molecule has 21 heavy (non-hydrogen) atoms. The topological polar surface area (TPSA) is 55.4 Å². The molecule has 0 aromatic heterocycles. The van der Waals surface area contributed by atoms with Crippen LogP contribution in [0.2, 0.25) is 5.02 Å². The first-order chi connectivity index (χ1) is 10.1. The lowest BCUT2D eigenvalue weighted by atomic mass is 10.2. The van der Waals surface area contributed by atoms with E-state index in [4.69, 9.17) is 16.3 Å². The van der Waals surface area contributed by atoms with Crippen LogP contribution in [0.25, 0.3) is 0 Å². The van der Waals surface area contributed by atoms with Crippen molar-refractivity contribution in [3.05, 3.63) is 58.9 Å². The van der Waals surface area contributed by atoms with Crippen molar-refractivity contribution in [3.63, 3.8) is 0 Å². The number of hydrogen-bond donors (Lipinski definition) is 1. The molecule has 0 saturated heterocycles. The average molecular weight is 308 g/mol.